The zero-order valence-electron chi connectivity index (χ0n) is 8.10. The lowest BCUT2D eigenvalue weighted by Gasteiger charge is -2.01. The predicted octanol–water partition coefficient (Wildman–Crippen LogP) is 1.50. The third kappa shape index (κ3) is 1.35. The zero-order valence-corrected chi connectivity index (χ0v) is 8.10. The Hall–Kier alpha value is -1.84. The van der Waals surface area contributed by atoms with Crippen LogP contribution in [0.1, 0.15) is 5.82 Å². The molecule has 0 saturated heterocycles. The van der Waals surface area contributed by atoms with Gasteiger partial charge in [0.25, 0.3) is 0 Å². The predicted molar refractivity (Wildman–Crippen MR) is 52.8 cm³/mol. The molecule has 2 aromatic rings. The van der Waals surface area contributed by atoms with Crippen molar-refractivity contribution in [1.82, 2.24) is 14.8 Å². The molecule has 1 N–H and O–H groups in total. The van der Waals surface area contributed by atoms with E-state index >= 15 is 0 Å². The molecule has 1 heterocycles. The fourth-order valence-electron chi connectivity index (χ4n) is 1.41. The van der Waals surface area contributed by atoms with Crippen LogP contribution in [0.5, 0.6) is 5.75 Å². The van der Waals surface area contributed by atoms with Gasteiger partial charge in [0.2, 0.25) is 0 Å². The number of phenolic OH excluding ortho intramolecular Hbond substituents is 1. The van der Waals surface area contributed by atoms with Crippen LogP contribution in [0.2, 0.25) is 0 Å². The van der Waals surface area contributed by atoms with Crippen molar-refractivity contribution in [2.24, 2.45) is 7.05 Å². The Morgan fingerprint density at radius 2 is 2.00 bits per heavy atom. The Labute approximate surface area is 81.8 Å². The summed E-state index contributed by atoms with van der Waals surface area (Å²) < 4.78 is 1.66. The van der Waals surface area contributed by atoms with E-state index in [1.807, 2.05) is 26.1 Å². The lowest BCUT2D eigenvalue weighted by molar-refractivity contribution is 0.476. The van der Waals surface area contributed by atoms with Gasteiger partial charge >= 0.3 is 0 Å². The van der Waals surface area contributed by atoms with E-state index < -0.39 is 0 Å². The molecule has 0 unspecified atom stereocenters. The molecule has 0 spiro atoms. The lowest BCUT2D eigenvalue weighted by atomic mass is 10.2. The van der Waals surface area contributed by atoms with Crippen LogP contribution in [0, 0.1) is 6.92 Å². The van der Waals surface area contributed by atoms with Crippen LogP contribution in [-0.4, -0.2) is 19.9 Å². The van der Waals surface area contributed by atoms with Gasteiger partial charge in [-0.3, -0.25) is 0 Å². The Morgan fingerprint density at radius 3 is 2.57 bits per heavy atom. The first-order chi connectivity index (χ1) is 6.68. The van der Waals surface area contributed by atoms with E-state index in [4.69, 9.17) is 0 Å². The van der Waals surface area contributed by atoms with E-state index in [0.717, 1.165) is 0 Å². The molecule has 0 fully saturated rings. The molecule has 4 heteroatoms. The molecule has 72 valence electrons. The maximum absolute atomic E-state index is 9.62. The normalized spacial score (nSPS) is 10.4. The lowest BCUT2D eigenvalue weighted by Crippen LogP contribution is -1.94. The molecule has 0 bridgehead atoms. The number of benzene rings is 1. The van der Waals surface area contributed by atoms with Crippen LogP contribution in [0.25, 0.3) is 11.4 Å². The summed E-state index contributed by atoms with van der Waals surface area (Å²) in [6, 6.07) is 7.10. The highest BCUT2D eigenvalue weighted by Gasteiger charge is 2.09. The van der Waals surface area contributed by atoms with Crippen molar-refractivity contribution < 1.29 is 5.11 Å². The van der Waals surface area contributed by atoms with Gasteiger partial charge in [-0.15, -0.1) is 0 Å². The van der Waals surface area contributed by atoms with Gasteiger partial charge in [-0.25, -0.2) is 9.67 Å². The van der Waals surface area contributed by atoms with Crippen molar-refractivity contribution >= 4 is 0 Å². The molecule has 1 aromatic heterocycles. The van der Waals surface area contributed by atoms with E-state index in [-0.39, 0.29) is 5.75 Å². The molecule has 14 heavy (non-hydrogen) atoms. The molecule has 0 saturated carbocycles. The first kappa shape index (κ1) is 8.74. The minimum atomic E-state index is 0.225. The van der Waals surface area contributed by atoms with Crippen LogP contribution in [-0.2, 0) is 7.05 Å². The largest absolute Gasteiger partial charge is 0.507 e. The van der Waals surface area contributed by atoms with Crippen molar-refractivity contribution in [3.8, 4) is 17.1 Å². The molecule has 2 rings (SSSR count). The van der Waals surface area contributed by atoms with Crippen molar-refractivity contribution in [1.29, 1.82) is 0 Å². The summed E-state index contributed by atoms with van der Waals surface area (Å²) >= 11 is 0. The third-order valence-corrected chi connectivity index (χ3v) is 2.01. The maximum Gasteiger partial charge on any atom is 0.161 e. The number of rotatable bonds is 1. The molecule has 0 aliphatic rings. The maximum atomic E-state index is 9.62. The van der Waals surface area contributed by atoms with Gasteiger partial charge < -0.3 is 5.11 Å². The van der Waals surface area contributed by atoms with Crippen LogP contribution in [0.15, 0.2) is 24.3 Å². The first-order valence-electron chi connectivity index (χ1n) is 4.34. The van der Waals surface area contributed by atoms with E-state index in [2.05, 4.69) is 10.1 Å². The molecule has 0 amide bonds. The van der Waals surface area contributed by atoms with E-state index in [0.29, 0.717) is 17.2 Å². The molecule has 0 atom stereocenters. The molecule has 0 aliphatic carbocycles. The SMILES string of the molecule is Cc1nc(-c2ccccc2O)n(C)n1. The molecular weight excluding hydrogens is 178 g/mol. The highest BCUT2D eigenvalue weighted by Crippen LogP contribution is 2.26. The quantitative estimate of drug-likeness (QED) is 0.739. The molecule has 4 nitrogen and oxygen atoms in total. The number of aromatic hydroxyl groups is 1. The Kier molecular flexibility index (Phi) is 1.96. The van der Waals surface area contributed by atoms with Crippen LogP contribution in [0.3, 0.4) is 0 Å². The van der Waals surface area contributed by atoms with Crippen molar-refractivity contribution in [2.45, 2.75) is 6.92 Å². The molecule has 1 aromatic carbocycles. The number of aromatic nitrogens is 3. The fourth-order valence-corrected chi connectivity index (χ4v) is 1.41. The third-order valence-electron chi connectivity index (χ3n) is 2.01. The number of nitrogens with zero attached hydrogens (tertiary/aromatic N) is 3. The van der Waals surface area contributed by atoms with Gasteiger partial charge in [-0.05, 0) is 19.1 Å². The highest BCUT2D eigenvalue weighted by atomic mass is 16.3. The second kappa shape index (κ2) is 3.14. The van der Waals surface area contributed by atoms with Gasteiger partial charge in [-0.1, -0.05) is 12.1 Å². The Balaban J connectivity index is 2.60. The Bertz CT molecular complexity index is 462. The number of aryl methyl sites for hydroxylation is 2. The smallest absolute Gasteiger partial charge is 0.161 e. The monoisotopic (exact) mass is 189 g/mol. The standard InChI is InChI=1S/C10H11N3O/c1-7-11-10(13(2)12-7)8-5-3-4-6-9(8)14/h3-6,14H,1-2H3. The summed E-state index contributed by atoms with van der Waals surface area (Å²) in [5, 5.41) is 13.7. The van der Waals surface area contributed by atoms with Crippen LogP contribution < -0.4 is 0 Å². The number of hydrogen-bond donors (Lipinski definition) is 1. The second-order valence-corrected chi connectivity index (χ2v) is 3.12. The summed E-state index contributed by atoms with van der Waals surface area (Å²) in [4.78, 5) is 4.23. The number of phenols is 1. The van der Waals surface area contributed by atoms with Gasteiger partial charge in [0, 0.05) is 7.05 Å². The second-order valence-electron chi connectivity index (χ2n) is 3.12. The van der Waals surface area contributed by atoms with Crippen molar-refractivity contribution in [2.75, 3.05) is 0 Å². The summed E-state index contributed by atoms with van der Waals surface area (Å²) in [6.07, 6.45) is 0. The van der Waals surface area contributed by atoms with Gasteiger partial charge in [0.1, 0.15) is 11.6 Å². The van der Waals surface area contributed by atoms with Crippen LogP contribution >= 0.6 is 0 Å². The first-order valence-corrected chi connectivity index (χ1v) is 4.34. The average molecular weight is 189 g/mol. The van der Waals surface area contributed by atoms with Crippen molar-refractivity contribution in [3.63, 3.8) is 0 Å². The Morgan fingerprint density at radius 1 is 1.29 bits per heavy atom. The molecule has 0 aliphatic heterocycles. The minimum Gasteiger partial charge on any atom is -0.507 e. The summed E-state index contributed by atoms with van der Waals surface area (Å²) in [5.41, 5.74) is 0.704. The van der Waals surface area contributed by atoms with E-state index in [1.54, 1.807) is 16.8 Å². The fraction of sp³-hybridized carbons (Fsp3) is 0.200. The highest BCUT2D eigenvalue weighted by molar-refractivity contribution is 5.63. The van der Waals surface area contributed by atoms with E-state index in [1.165, 1.54) is 0 Å². The van der Waals surface area contributed by atoms with Gasteiger partial charge in [0.05, 0.1) is 5.56 Å². The summed E-state index contributed by atoms with van der Waals surface area (Å²) in [5.74, 6) is 1.61. The summed E-state index contributed by atoms with van der Waals surface area (Å²) in [6.45, 7) is 1.82. The summed E-state index contributed by atoms with van der Waals surface area (Å²) in [7, 11) is 1.81. The van der Waals surface area contributed by atoms with Gasteiger partial charge in [0.15, 0.2) is 5.82 Å². The van der Waals surface area contributed by atoms with Gasteiger partial charge in [-0.2, -0.15) is 5.10 Å². The molecular formula is C10H11N3O. The number of hydrogen-bond acceptors (Lipinski definition) is 3. The van der Waals surface area contributed by atoms with Crippen molar-refractivity contribution in [3.05, 3.63) is 30.1 Å². The number of para-hydroxylation sites is 1. The molecule has 0 radical (unpaired) electrons. The zero-order chi connectivity index (χ0) is 10.1. The average Bonchev–Trinajstić information content (AvgIpc) is 2.46. The minimum absolute atomic E-state index is 0.225. The van der Waals surface area contributed by atoms with E-state index in [9.17, 15) is 5.11 Å². The topological polar surface area (TPSA) is 50.9 Å². The van der Waals surface area contributed by atoms with Crippen LogP contribution in [0.4, 0.5) is 0 Å².